The maximum Gasteiger partial charge on any atom is 0.307 e. The van der Waals surface area contributed by atoms with Crippen molar-refractivity contribution in [3.8, 4) is 0 Å². The zero-order chi connectivity index (χ0) is 14.3. The van der Waals surface area contributed by atoms with Crippen LogP contribution < -0.4 is 5.32 Å². The van der Waals surface area contributed by atoms with Gasteiger partial charge in [0.05, 0.1) is 13.0 Å². The number of aliphatic carboxylic acids is 1. The number of aliphatic hydroxyl groups is 1. The second-order valence-corrected chi connectivity index (χ2v) is 5.54. The summed E-state index contributed by atoms with van der Waals surface area (Å²) < 4.78 is 0. The topological polar surface area (TPSA) is 69.6 Å². The van der Waals surface area contributed by atoms with Crippen LogP contribution >= 0.6 is 11.8 Å². The van der Waals surface area contributed by atoms with Crippen LogP contribution in [0.1, 0.15) is 18.1 Å². The molecular formula is C14H21NO3S. The Morgan fingerprint density at radius 1 is 1.37 bits per heavy atom. The van der Waals surface area contributed by atoms with E-state index in [2.05, 4.69) is 5.32 Å². The Bertz CT molecular complexity index is 407. The average Bonchev–Trinajstić information content (AvgIpc) is 2.38. The Hall–Kier alpha value is -1.04. The molecule has 0 aliphatic rings. The van der Waals surface area contributed by atoms with Crippen molar-refractivity contribution in [3.63, 3.8) is 0 Å². The monoisotopic (exact) mass is 283 g/mol. The average molecular weight is 283 g/mol. The second kappa shape index (κ2) is 8.19. The largest absolute Gasteiger partial charge is 0.481 e. The van der Waals surface area contributed by atoms with Gasteiger partial charge in [0.25, 0.3) is 0 Å². The zero-order valence-electron chi connectivity index (χ0n) is 11.3. The van der Waals surface area contributed by atoms with E-state index in [-0.39, 0.29) is 24.3 Å². The van der Waals surface area contributed by atoms with Crippen molar-refractivity contribution in [2.45, 2.75) is 31.2 Å². The molecule has 0 bridgehead atoms. The highest BCUT2D eigenvalue weighted by Crippen LogP contribution is 2.13. The second-order valence-electron chi connectivity index (χ2n) is 4.47. The van der Waals surface area contributed by atoms with Gasteiger partial charge in [-0.15, -0.1) is 0 Å². The molecule has 0 spiro atoms. The summed E-state index contributed by atoms with van der Waals surface area (Å²) in [5.41, 5.74) is 1.83. The van der Waals surface area contributed by atoms with Crippen molar-refractivity contribution in [1.82, 2.24) is 5.32 Å². The molecule has 1 aromatic rings. The lowest BCUT2D eigenvalue weighted by Crippen LogP contribution is -2.37. The van der Waals surface area contributed by atoms with Crippen LogP contribution in [0.25, 0.3) is 0 Å². The van der Waals surface area contributed by atoms with E-state index in [1.54, 1.807) is 11.8 Å². The quantitative estimate of drug-likeness (QED) is 0.675. The number of benzene rings is 1. The summed E-state index contributed by atoms with van der Waals surface area (Å²) in [5, 5.41) is 21.6. The fourth-order valence-corrected chi connectivity index (χ4v) is 2.56. The van der Waals surface area contributed by atoms with Crippen LogP contribution in [0.3, 0.4) is 0 Å². The van der Waals surface area contributed by atoms with Crippen LogP contribution in [0.5, 0.6) is 0 Å². The molecule has 106 valence electrons. The molecule has 1 aromatic carbocycles. The molecule has 0 saturated heterocycles. The van der Waals surface area contributed by atoms with Crippen LogP contribution in [-0.2, 0) is 17.8 Å². The first kappa shape index (κ1) is 16.0. The molecular weight excluding hydrogens is 262 g/mol. The molecule has 3 N–H and O–H groups in total. The van der Waals surface area contributed by atoms with Gasteiger partial charge in [-0.25, -0.2) is 0 Å². The van der Waals surface area contributed by atoms with Gasteiger partial charge in [0.15, 0.2) is 0 Å². The lowest BCUT2D eigenvalue weighted by atomic mass is 10.0. The van der Waals surface area contributed by atoms with Crippen molar-refractivity contribution in [1.29, 1.82) is 0 Å². The number of thioether (sulfide) groups is 1. The minimum atomic E-state index is -0.821. The third-order valence-corrected chi connectivity index (χ3v) is 4.28. The first-order chi connectivity index (χ1) is 9.08. The number of aliphatic hydroxyl groups excluding tert-OH is 1. The van der Waals surface area contributed by atoms with Crippen LogP contribution in [0.4, 0.5) is 0 Å². The van der Waals surface area contributed by atoms with Crippen LogP contribution in [0, 0.1) is 0 Å². The Balaban J connectivity index is 2.64. The zero-order valence-corrected chi connectivity index (χ0v) is 12.1. The first-order valence-electron chi connectivity index (χ1n) is 6.24. The van der Waals surface area contributed by atoms with E-state index in [9.17, 15) is 9.90 Å². The third kappa shape index (κ3) is 5.22. The number of hydrogen-bond acceptors (Lipinski definition) is 4. The number of nitrogens with one attached hydrogen (secondary N) is 1. The Kier molecular flexibility index (Phi) is 6.91. The normalized spacial score (nSPS) is 14.1. The fourth-order valence-electron chi connectivity index (χ4n) is 1.90. The Morgan fingerprint density at radius 3 is 2.53 bits per heavy atom. The van der Waals surface area contributed by atoms with Gasteiger partial charge in [0.2, 0.25) is 0 Å². The molecule has 0 fully saturated rings. The highest BCUT2D eigenvalue weighted by Gasteiger charge is 2.15. The number of carbonyl (C=O) groups is 1. The Morgan fingerprint density at radius 2 is 2.00 bits per heavy atom. The van der Waals surface area contributed by atoms with E-state index in [1.165, 1.54) is 0 Å². The fraction of sp³-hybridized carbons (Fsp3) is 0.500. The van der Waals surface area contributed by atoms with E-state index in [0.29, 0.717) is 6.54 Å². The van der Waals surface area contributed by atoms with Crippen molar-refractivity contribution >= 4 is 17.7 Å². The van der Waals surface area contributed by atoms with Crippen LogP contribution in [0.2, 0.25) is 0 Å². The van der Waals surface area contributed by atoms with Gasteiger partial charge in [-0.1, -0.05) is 24.3 Å². The van der Waals surface area contributed by atoms with E-state index in [1.807, 2.05) is 37.4 Å². The lowest BCUT2D eigenvalue weighted by molar-refractivity contribution is -0.136. The molecule has 5 heteroatoms. The summed E-state index contributed by atoms with van der Waals surface area (Å²) in [6.07, 6.45) is 2.01. The molecule has 2 unspecified atom stereocenters. The summed E-state index contributed by atoms with van der Waals surface area (Å²) in [7, 11) is 0. The summed E-state index contributed by atoms with van der Waals surface area (Å²) in [5.74, 6) is -0.821. The van der Waals surface area contributed by atoms with E-state index in [0.717, 1.165) is 11.1 Å². The minimum Gasteiger partial charge on any atom is -0.481 e. The molecule has 0 heterocycles. The van der Waals surface area contributed by atoms with Crippen LogP contribution in [-0.4, -0.2) is 40.3 Å². The number of carboxylic acids is 1. The van der Waals surface area contributed by atoms with Gasteiger partial charge in [-0.2, -0.15) is 11.8 Å². The molecule has 0 saturated carbocycles. The molecule has 1 rings (SSSR count). The van der Waals surface area contributed by atoms with Crippen molar-refractivity contribution in [2.75, 3.05) is 12.9 Å². The lowest BCUT2D eigenvalue weighted by Gasteiger charge is -2.22. The summed E-state index contributed by atoms with van der Waals surface area (Å²) in [6.45, 7) is 2.77. The molecule has 0 aliphatic heterocycles. The highest BCUT2D eigenvalue weighted by atomic mass is 32.2. The molecule has 2 atom stereocenters. The molecule has 0 amide bonds. The van der Waals surface area contributed by atoms with Crippen molar-refractivity contribution < 1.29 is 15.0 Å². The van der Waals surface area contributed by atoms with Crippen LogP contribution in [0.15, 0.2) is 24.3 Å². The SMILES string of the molecule is CSC(CO)C(C)NCc1ccccc1CC(=O)O. The number of rotatable bonds is 8. The molecule has 0 aromatic heterocycles. The van der Waals surface area contributed by atoms with E-state index in [4.69, 9.17) is 5.11 Å². The van der Waals surface area contributed by atoms with Crippen molar-refractivity contribution in [3.05, 3.63) is 35.4 Å². The maximum atomic E-state index is 10.8. The summed E-state index contributed by atoms with van der Waals surface area (Å²) in [4.78, 5) is 10.8. The summed E-state index contributed by atoms with van der Waals surface area (Å²) >= 11 is 1.62. The van der Waals surface area contributed by atoms with Gasteiger partial charge < -0.3 is 15.5 Å². The van der Waals surface area contributed by atoms with Crippen molar-refractivity contribution in [2.24, 2.45) is 0 Å². The van der Waals surface area contributed by atoms with E-state index >= 15 is 0 Å². The molecule has 4 nitrogen and oxygen atoms in total. The van der Waals surface area contributed by atoms with Gasteiger partial charge in [0.1, 0.15) is 0 Å². The predicted octanol–water partition coefficient (Wildman–Crippen LogP) is 1.52. The molecule has 19 heavy (non-hydrogen) atoms. The van der Waals surface area contributed by atoms with Gasteiger partial charge in [-0.05, 0) is 24.3 Å². The summed E-state index contributed by atoms with van der Waals surface area (Å²) in [6, 6.07) is 7.70. The van der Waals surface area contributed by atoms with Gasteiger partial charge >= 0.3 is 5.97 Å². The maximum absolute atomic E-state index is 10.8. The molecule has 0 radical (unpaired) electrons. The minimum absolute atomic E-state index is 0.0399. The van der Waals surface area contributed by atoms with Gasteiger partial charge in [0, 0.05) is 17.8 Å². The first-order valence-corrected chi connectivity index (χ1v) is 7.52. The van der Waals surface area contributed by atoms with E-state index < -0.39 is 5.97 Å². The Labute approximate surface area is 118 Å². The number of carboxylic acid groups (broad SMARTS) is 1. The third-order valence-electron chi connectivity index (χ3n) is 3.11. The van der Waals surface area contributed by atoms with Gasteiger partial charge in [-0.3, -0.25) is 4.79 Å². The predicted molar refractivity (Wildman–Crippen MR) is 78.5 cm³/mol. The molecule has 0 aliphatic carbocycles. The smallest absolute Gasteiger partial charge is 0.307 e. The number of hydrogen-bond donors (Lipinski definition) is 3. The standard InChI is InChI=1S/C14H21NO3S/c1-10(13(9-16)19-2)15-8-12-6-4-3-5-11(12)7-14(17)18/h3-6,10,13,15-16H,7-9H2,1-2H3,(H,17,18). The highest BCUT2D eigenvalue weighted by molar-refractivity contribution is 7.99.